The lowest BCUT2D eigenvalue weighted by Gasteiger charge is -2.20. The van der Waals surface area contributed by atoms with E-state index in [1.54, 1.807) is 0 Å². The molecular weight excluding hydrogens is 264 g/mol. The first-order chi connectivity index (χ1) is 10.5. The maximum absolute atomic E-state index is 4.31. The van der Waals surface area contributed by atoms with Crippen molar-refractivity contribution < 1.29 is 0 Å². The van der Waals surface area contributed by atoms with Crippen LogP contribution in [0.3, 0.4) is 0 Å². The van der Waals surface area contributed by atoms with Gasteiger partial charge in [-0.3, -0.25) is 0 Å². The van der Waals surface area contributed by atoms with Crippen LogP contribution in [0.5, 0.6) is 0 Å². The summed E-state index contributed by atoms with van der Waals surface area (Å²) in [4.78, 5) is 0. The Labute approximate surface area is 135 Å². The quantitative estimate of drug-likeness (QED) is 0.555. The molecule has 114 valence electrons. The van der Waals surface area contributed by atoms with Gasteiger partial charge in [0.15, 0.2) is 0 Å². The summed E-state index contributed by atoms with van der Waals surface area (Å²) in [6, 6.07) is 10.7. The Morgan fingerprint density at radius 1 is 0.955 bits per heavy atom. The molecule has 0 heterocycles. The second kappa shape index (κ2) is 7.26. The van der Waals surface area contributed by atoms with E-state index in [9.17, 15) is 0 Å². The molecule has 0 nitrogen and oxygen atoms in total. The van der Waals surface area contributed by atoms with E-state index in [1.165, 1.54) is 27.9 Å². The van der Waals surface area contributed by atoms with Gasteiger partial charge in [0.05, 0.1) is 0 Å². The van der Waals surface area contributed by atoms with Gasteiger partial charge in [-0.15, -0.1) is 0 Å². The number of benzene rings is 1. The first kappa shape index (κ1) is 16.3. The van der Waals surface area contributed by atoms with Crippen LogP contribution in [-0.4, -0.2) is 0 Å². The van der Waals surface area contributed by atoms with Crippen molar-refractivity contribution in [3.63, 3.8) is 0 Å². The third-order valence-electron chi connectivity index (χ3n) is 4.13. The van der Waals surface area contributed by atoms with E-state index < -0.39 is 0 Å². The molecule has 1 aromatic rings. The summed E-state index contributed by atoms with van der Waals surface area (Å²) in [7, 11) is 0. The maximum Gasteiger partial charge on any atom is -0.00639 e. The number of hydrogen-bond donors (Lipinski definition) is 0. The van der Waals surface area contributed by atoms with Crippen molar-refractivity contribution in [2.24, 2.45) is 0 Å². The Morgan fingerprint density at radius 3 is 2.14 bits per heavy atom. The van der Waals surface area contributed by atoms with Crippen molar-refractivity contribution >= 4 is 0 Å². The zero-order chi connectivity index (χ0) is 16.1. The van der Waals surface area contributed by atoms with Crippen LogP contribution >= 0.6 is 0 Å². The summed E-state index contributed by atoms with van der Waals surface area (Å²) in [5, 5.41) is 0. The minimum atomic E-state index is 1.05. The molecule has 0 aromatic heterocycles. The van der Waals surface area contributed by atoms with Crippen molar-refractivity contribution in [3.05, 3.63) is 94.6 Å². The summed E-state index contributed by atoms with van der Waals surface area (Å²) in [5.74, 6) is 0. The fourth-order valence-corrected chi connectivity index (χ4v) is 3.08. The van der Waals surface area contributed by atoms with Crippen molar-refractivity contribution in [2.45, 2.75) is 40.0 Å². The fourth-order valence-electron chi connectivity index (χ4n) is 3.08. The van der Waals surface area contributed by atoms with Gasteiger partial charge in [0.1, 0.15) is 0 Å². The van der Waals surface area contributed by atoms with Crippen molar-refractivity contribution in [3.8, 4) is 0 Å². The molecule has 0 N–H and O–H groups in total. The van der Waals surface area contributed by atoms with Gasteiger partial charge in [0, 0.05) is 0 Å². The Morgan fingerprint density at radius 2 is 1.64 bits per heavy atom. The van der Waals surface area contributed by atoms with Crippen LogP contribution < -0.4 is 0 Å². The van der Waals surface area contributed by atoms with Gasteiger partial charge in [-0.25, -0.2) is 0 Å². The van der Waals surface area contributed by atoms with E-state index in [0.717, 1.165) is 30.4 Å². The molecule has 0 unspecified atom stereocenters. The van der Waals surface area contributed by atoms with E-state index in [0.29, 0.717) is 0 Å². The van der Waals surface area contributed by atoms with Crippen molar-refractivity contribution in [1.82, 2.24) is 0 Å². The number of rotatable bonds is 5. The van der Waals surface area contributed by atoms with Crippen LogP contribution in [0.4, 0.5) is 0 Å². The Bertz CT molecular complexity index is 659. The van der Waals surface area contributed by atoms with E-state index >= 15 is 0 Å². The molecule has 1 aromatic carbocycles. The van der Waals surface area contributed by atoms with Crippen molar-refractivity contribution in [1.29, 1.82) is 0 Å². The minimum absolute atomic E-state index is 1.05. The average molecular weight is 290 g/mol. The van der Waals surface area contributed by atoms with Gasteiger partial charge < -0.3 is 0 Å². The average Bonchev–Trinajstić information content (AvgIpc) is 2.48. The largest absolute Gasteiger partial charge is 0.0955 e. The molecule has 0 atom stereocenters. The van der Waals surface area contributed by atoms with Gasteiger partial charge in [0.2, 0.25) is 0 Å². The van der Waals surface area contributed by atoms with Gasteiger partial charge >= 0.3 is 0 Å². The summed E-state index contributed by atoms with van der Waals surface area (Å²) in [5.41, 5.74) is 8.99. The molecule has 1 aliphatic rings. The predicted octanol–water partition coefficient (Wildman–Crippen LogP) is 6.34. The van der Waals surface area contributed by atoms with Crippen LogP contribution in [0.1, 0.15) is 39.2 Å². The van der Waals surface area contributed by atoms with Gasteiger partial charge in [0.25, 0.3) is 0 Å². The monoisotopic (exact) mass is 290 g/mol. The molecule has 0 saturated heterocycles. The normalized spacial score (nSPS) is 14.0. The number of hydrogen-bond acceptors (Lipinski definition) is 0. The number of allylic oxidation sites excluding steroid dienone is 8. The SMILES string of the molecule is C=C(C)C(C(=C)C1=CC=C(Cc2ccccc2)CC1)=C(C)C. The summed E-state index contributed by atoms with van der Waals surface area (Å²) in [6.45, 7) is 14.7. The molecule has 0 spiro atoms. The van der Waals surface area contributed by atoms with E-state index in [4.69, 9.17) is 0 Å². The summed E-state index contributed by atoms with van der Waals surface area (Å²) in [6.07, 6.45) is 7.76. The molecular formula is C22H26. The summed E-state index contributed by atoms with van der Waals surface area (Å²) >= 11 is 0. The molecule has 0 fully saturated rings. The Balaban J connectivity index is 2.15. The lowest BCUT2D eigenvalue weighted by Crippen LogP contribution is -2.02. The topological polar surface area (TPSA) is 0 Å². The molecule has 0 aliphatic heterocycles. The highest BCUT2D eigenvalue weighted by Gasteiger charge is 2.14. The zero-order valence-electron chi connectivity index (χ0n) is 14.1. The highest BCUT2D eigenvalue weighted by atomic mass is 14.2. The summed E-state index contributed by atoms with van der Waals surface area (Å²) < 4.78 is 0. The first-order valence-electron chi connectivity index (χ1n) is 7.94. The van der Waals surface area contributed by atoms with Gasteiger partial charge in [-0.1, -0.05) is 72.4 Å². The van der Waals surface area contributed by atoms with Gasteiger partial charge in [-0.2, -0.15) is 0 Å². The third kappa shape index (κ3) is 3.98. The van der Waals surface area contributed by atoms with Crippen molar-refractivity contribution in [2.75, 3.05) is 0 Å². The van der Waals surface area contributed by atoms with E-state index in [2.05, 4.69) is 76.4 Å². The van der Waals surface area contributed by atoms with Crippen LogP contribution in [-0.2, 0) is 6.42 Å². The van der Waals surface area contributed by atoms with Crippen LogP contribution in [0.15, 0.2) is 89.1 Å². The third-order valence-corrected chi connectivity index (χ3v) is 4.13. The molecule has 0 saturated carbocycles. The fraction of sp³-hybridized carbons (Fsp3) is 0.273. The highest BCUT2D eigenvalue weighted by molar-refractivity contribution is 5.56. The van der Waals surface area contributed by atoms with E-state index in [-0.39, 0.29) is 0 Å². The molecule has 1 aliphatic carbocycles. The first-order valence-corrected chi connectivity index (χ1v) is 7.94. The van der Waals surface area contributed by atoms with Crippen LogP contribution in [0, 0.1) is 0 Å². The molecule has 0 radical (unpaired) electrons. The van der Waals surface area contributed by atoms with Crippen LogP contribution in [0.2, 0.25) is 0 Å². The predicted molar refractivity (Wildman–Crippen MR) is 97.9 cm³/mol. The molecule has 2 rings (SSSR count). The standard InChI is InChI=1S/C22H26/c1-16(2)22(17(3)4)18(5)21-13-11-20(12-14-21)15-19-9-7-6-8-10-19/h6-11,13H,1,5,12,14-15H2,2-4H3. The van der Waals surface area contributed by atoms with Gasteiger partial charge in [-0.05, 0) is 62.3 Å². The smallest absolute Gasteiger partial charge is 0.00639 e. The minimum Gasteiger partial charge on any atom is -0.0955 e. The Hall–Kier alpha value is -2.08. The van der Waals surface area contributed by atoms with E-state index in [1.807, 2.05) is 0 Å². The molecule has 0 bridgehead atoms. The lowest BCUT2D eigenvalue weighted by molar-refractivity contribution is 0.876. The van der Waals surface area contributed by atoms with Crippen LogP contribution in [0.25, 0.3) is 0 Å². The molecule has 22 heavy (non-hydrogen) atoms. The molecule has 0 heteroatoms. The zero-order valence-corrected chi connectivity index (χ0v) is 14.1. The Kier molecular flexibility index (Phi) is 5.38. The molecule has 0 amide bonds. The second-order valence-electron chi connectivity index (χ2n) is 6.31. The lowest BCUT2D eigenvalue weighted by atomic mass is 9.85. The highest BCUT2D eigenvalue weighted by Crippen LogP contribution is 2.32. The maximum atomic E-state index is 4.31. The second-order valence-corrected chi connectivity index (χ2v) is 6.31.